The van der Waals surface area contributed by atoms with Gasteiger partial charge in [-0.2, -0.15) is 0 Å². The Morgan fingerprint density at radius 2 is 1.65 bits per heavy atom. The van der Waals surface area contributed by atoms with Crippen LogP contribution in [-0.4, -0.2) is 16.7 Å². The minimum Gasteiger partial charge on any atom is -0.454 e. The van der Waals surface area contributed by atoms with Crippen LogP contribution in [0.4, 0.5) is 0 Å². The van der Waals surface area contributed by atoms with Gasteiger partial charge in [0, 0.05) is 23.1 Å². The number of carbonyl (C=O) groups excluding carboxylic acids is 1. The third-order valence-electron chi connectivity index (χ3n) is 4.61. The van der Waals surface area contributed by atoms with Crippen molar-refractivity contribution in [2.45, 2.75) is 47.0 Å². The minimum absolute atomic E-state index is 0.0107. The molecule has 26 heavy (non-hydrogen) atoms. The van der Waals surface area contributed by atoms with E-state index in [1.807, 2.05) is 39.0 Å². The van der Waals surface area contributed by atoms with Gasteiger partial charge in [-0.25, -0.2) is 0 Å². The first-order valence-corrected chi connectivity index (χ1v) is 8.83. The number of carbonyl (C=O) groups is 1. The van der Waals surface area contributed by atoms with E-state index in [9.17, 15) is 4.79 Å². The molecular weight excluding hydrogens is 324 g/mol. The van der Waals surface area contributed by atoms with E-state index in [0.29, 0.717) is 11.3 Å². The van der Waals surface area contributed by atoms with Gasteiger partial charge in [-0.05, 0) is 11.0 Å². The number of hydrogen-bond acceptors (Lipinski definition) is 3. The fraction of sp³-hybridized carbons (Fsp3) is 0.364. The van der Waals surface area contributed by atoms with Crippen LogP contribution in [0, 0.1) is 10.8 Å². The predicted octanol–water partition coefficient (Wildman–Crippen LogP) is 5.88. The van der Waals surface area contributed by atoms with E-state index in [-0.39, 0.29) is 11.2 Å². The lowest BCUT2D eigenvalue weighted by Crippen LogP contribution is -2.23. The molecular formula is C22H26N2O2. The van der Waals surface area contributed by atoms with Crippen LogP contribution >= 0.6 is 0 Å². The number of hydrogen-bond donors (Lipinski definition) is 1. The molecule has 0 radical (unpaired) electrons. The standard InChI is InChI=1S/C22H26N2O2/c1-21(2,3)15-9-7-14(8-10-15)18-11-16-19(26-18)12-17(24(16)13-23)20(25)22(4,5)6/h7-13,23H,1-6H3. The van der Waals surface area contributed by atoms with Crippen molar-refractivity contribution in [3.8, 4) is 11.3 Å². The van der Waals surface area contributed by atoms with Crippen molar-refractivity contribution in [3.05, 3.63) is 47.7 Å². The zero-order valence-corrected chi connectivity index (χ0v) is 16.3. The average Bonchev–Trinajstić information content (AvgIpc) is 3.09. The summed E-state index contributed by atoms with van der Waals surface area (Å²) in [6.07, 6.45) is 1.17. The lowest BCUT2D eigenvalue weighted by molar-refractivity contribution is 0.0852. The lowest BCUT2D eigenvalue weighted by atomic mass is 9.86. The molecule has 2 heterocycles. The predicted molar refractivity (Wildman–Crippen MR) is 106 cm³/mol. The quantitative estimate of drug-likeness (QED) is 0.364. The summed E-state index contributed by atoms with van der Waals surface area (Å²) in [6.45, 7) is 12.2. The number of fused-ring (bicyclic) bond motifs is 1. The van der Waals surface area contributed by atoms with Gasteiger partial charge in [-0.1, -0.05) is 65.8 Å². The monoisotopic (exact) mass is 350 g/mol. The minimum atomic E-state index is -0.512. The van der Waals surface area contributed by atoms with Gasteiger partial charge in [0.1, 0.15) is 5.76 Å². The molecule has 0 bridgehead atoms. The Kier molecular flexibility index (Phi) is 4.18. The summed E-state index contributed by atoms with van der Waals surface area (Å²) in [5.74, 6) is 0.726. The highest BCUT2D eigenvalue weighted by molar-refractivity contribution is 6.05. The van der Waals surface area contributed by atoms with Crippen LogP contribution in [0.5, 0.6) is 0 Å². The molecule has 0 saturated carbocycles. The molecule has 0 spiro atoms. The number of nitrogens with zero attached hydrogens (tertiary/aromatic N) is 1. The van der Waals surface area contributed by atoms with Crippen LogP contribution < -0.4 is 0 Å². The smallest absolute Gasteiger partial charge is 0.185 e. The highest BCUT2D eigenvalue weighted by atomic mass is 16.3. The summed E-state index contributed by atoms with van der Waals surface area (Å²) in [5, 5.41) is 7.74. The summed E-state index contributed by atoms with van der Waals surface area (Å²) in [7, 11) is 0. The fourth-order valence-electron chi connectivity index (χ4n) is 2.99. The molecule has 0 aliphatic heterocycles. The van der Waals surface area contributed by atoms with Crippen molar-refractivity contribution in [2.75, 3.05) is 0 Å². The second-order valence-corrected chi connectivity index (χ2v) is 8.80. The molecule has 0 atom stereocenters. The SMILES string of the molecule is CC(C)(C)C(=O)c1cc2oc(-c3ccc(C(C)(C)C)cc3)cc2n1C=N. The topological polar surface area (TPSA) is 59.0 Å². The van der Waals surface area contributed by atoms with Gasteiger partial charge in [0.05, 0.1) is 17.5 Å². The molecule has 3 rings (SSSR count). The van der Waals surface area contributed by atoms with Gasteiger partial charge >= 0.3 is 0 Å². The van der Waals surface area contributed by atoms with Crippen molar-refractivity contribution in [1.29, 1.82) is 5.41 Å². The van der Waals surface area contributed by atoms with E-state index in [1.165, 1.54) is 11.9 Å². The first kappa shape index (κ1) is 18.2. The molecule has 0 fully saturated rings. The van der Waals surface area contributed by atoms with Crippen LogP contribution in [0.25, 0.3) is 22.4 Å². The van der Waals surface area contributed by atoms with Crippen LogP contribution in [0.3, 0.4) is 0 Å². The van der Waals surface area contributed by atoms with E-state index in [1.54, 1.807) is 10.6 Å². The summed E-state index contributed by atoms with van der Waals surface area (Å²) < 4.78 is 7.59. The Hall–Kier alpha value is -2.62. The van der Waals surface area contributed by atoms with Gasteiger partial charge in [-0.3, -0.25) is 14.8 Å². The molecule has 0 saturated heterocycles. The number of benzene rings is 1. The van der Waals surface area contributed by atoms with Gasteiger partial charge in [0.25, 0.3) is 0 Å². The summed E-state index contributed by atoms with van der Waals surface area (Å²) in [5.41, 5.74) is 3.68. The molecule has 1 N–H and O–H groups in total. The molecule has 0 aliphatic rings. The molecule has 0 unspecified atom stereocenters. The lowest BCUT2D eigenvalue weighted by Gasteiger charge is -2.18. The van der Waals surface area contributed by atoms with Crippen molar-refractivity contribution >= 4 is 23.2 Å². The molecule has 0 aliphatic carbocycles. The molecule has 136 valence electrons. The highest BCUT2D eigenvalue weighted by Crippen LogP contribution is 2.33. The van der Waals surface area contributed by atoms with Gasteiger partial charge in [0.15, 0.2) is 11.4 Å². The van der Waals surface area contributed by atoms with E-state index < -0.39 is 5.41 Å². The van der Waals surface area contributed by atoms with Gasteiger partial charge in [-0.15, -0.1) is 0 Å². The first-order valence-electron chi connectivity index (χ1n) is 8.83. The number of aromatic nitrogens is 1. The van der Waals surface area contributed by atoms with Gasteiger partial charge in [0.2, 0.25) is 0 Å². The van der Waals surface area contributed by atoms with Gasteiger partial charge < -0.3 is 4.42 Å². The van der Waals surface area contributed by atoms with Crippen molar-refractivity contribution in [1.82, 2.24) is 4.57 Å². The maximum Gasteiger partial charge on any atom is 0.185 e. The van der Waals surface area contributed by atoms with E-state index in [4.69, 9.17) is 9.83 Å². The molecule has 0 amide bonds. The highest BCUT2D eigenvalue weighted by Gasteiger charge is 2.27. The molecule has 2 aromatic heterocycles. The number of furan rings is 1. The summed E-state index contributed by atoms with van der Waals surface area (Å²) in [4.78, 5) is 12.6. The number of nitrogens with one attached hydrogen (secondary N) is 1. The van der Waals surface area contributed by atoms with Crippen LogP contribution in [-0.2, 0) is 5.41 Å². The summed E-state index contributed by atoms with van der Waals surface area (Å²) in [6, 6.07) is 12.0. The van der Waals surface area contributed by atoms with Crippen LogP contribution in [0.15, 0.2) is 40.8 Å². The molecule has 1 aromatic carbocycles. The average molecular weight is 350 g/mol. The van der Waals surface area contributed by atoms with Crippen molar-refractivity contribution in [2.24, 2.45) is 5.41 Å². The van der Waals surface area contributed by atoms with E-state index >= 15 is 0 Å². The maximum atomic E-state index is 12.6. The van der Waals surface area contributed by atoms with E-state index in [2.05, 4.69) is 32.9 Å². The van der Waals surface area contributed by atoms with Crippen molar-refractivity contribution in [3.63, 3.8) is 0 Å². The molecule has 4 heteroatoms. The van der Waals surface area contributed by atoms with Crippen LogP contribution in [0.2, 0.25) is 0 Å². The fourth-order valence-corrected chi connectivity index (χ4v) is 2.99. The largest absolute Gasteiger partial charge is 0.454 e. The number of rotatable bonds is 3. The second kappa shape index (κ2) is 5.97. The zero-order valence-electron chi connectivity index (χ0n) is 16.3. The Labute approximate surface area is 154 Å². The third kappa shape index (κ3) is 3.12. The molecule has 4 nitrogen and oxygen atoms in total. The summed E-state index contributed by atoms with van der Waals surface area (Å²) >= 11 is 0. The Morgan fingerprint density at radius 1 is 1.04 bits per heavy atom. The Bertz CT molecular complexity index is 974. The maximum absolute atomic E-state index is 12.6. The first-order chi connectivity index (χ1) is 12.0. The third-order valence-corrected chi connectivity index (χ3v) is 4.61. The Balaban J connectivity index is 2.05. The molecule has 3 aromatic rings. The normalized spacial score (nSPS) is 12.5. The van der Waals surface area contributed by atoms with Crippen LogP contribution in [0.1, 0.15) is 57.6 Å². The zero-order chi connectivity index (χ0) is 19.3. The second-order valence-electron chi connectivity index (χ2n) is 8.80. The van der Waals surface area contributed by atoms with E-state index in [0.717, 1.165) is 16.8 Å². The van der Waals surface area contributed by atoms with Crippen molar-refractivity contribution < 1.29 is 9.21 Å². The number of Topliss-reactive ketones (excluding diaryl/α,β-unsaturated/α-hetero) is 1. The number of ketones is 1. The Morgan fingerprint density at radius 3 is 2.15 bits per heavy atom.